The predicted molar refractivity (Wildman–Crippen MR) is 90.5 cm³/mol. The van der Waals surface area contributed by atoms with Crippen LogP contribution in [0.15, 0.2) is 30.3 Å². The Morgan fingerprint density at radius 2 is 1.78 bits per heavy atom. The van der Waals surface area contributed by atoms with Crippen LogP contribution in [0, 0.1) is 0 Å². The van der Waals surface area contributed by atoms with Gasteiger partial charge in [-0.15, -0.1) is 0 Å². The summed E-state index contributed by atoms with van der Waals surface area (Å²) in [6.07, 6.45) is 1.99. The third kappa shape index (κ3) is 5.21. The molecule has 0 aliphatic carbocycles. The summed E-state index contributed by atoms with van der Waals surface area (Å²) in [4.78, 5) is 13.7. The van der Waals surface area contributed by atoms with Crippen molar-refractivity contribution in [1.29, 1.82) is 0 Å². The van der Waals surface area contributed by atoms with Gasteiger partial charge in [0.15, 0.2) is 0 Å². The molecule has 0 radical (unpaired) electrons. The Hall–Kier alpha value is -1.60. The number of unbranched alkanes of at least 4 members (excludes halogenated alkanes) is 1. The van der Waals surface area contributed by atoms with Crippen LogP contribution in [0.2, 0.25) is 0 Å². The van der Waals surface area contributed by atoms with Gasteiger partial charge in [0.25, 0.3) is 0 Å². The van der Waals surface area contributed by atoms with Crippen LogP contribution in [0.4, 0.5) is 4.79 Å². The molecule has 1 saturated heterocycles. The Kier molecular flexibility index (Phi) is 6.41. The molecule has 0 spiro atoms. The first kappa shape index (κ1) is 17.7. The molecule has 0 aromatic heterocycles. The van der Waals surface area contributed by atoms with E-state index in [-0.39, 0.29) is 11.8 Å². The van der Waals surface area contributed by atoms with E-state index < -0.39 is 10.0 Å². The summed E-state index contributed by atoms with van der Waals surface area (Å²) in [5, 5.41) is 2.87. The lowest BCUT2D eigenvalue weighted by Crippen LogP contribution is -2.53. The third-order valence-electron chi connectivity index (χ3n) is 3.92. The summed E-state index contributed by atoms with van der Waals surface area (Å²) in [5.74, 6) is 0.0105. The third-order valence-corrected chi connectivity index (χ3v) is 5.77. The second-order valence-electron chi connectivity index (χ2n) is 5.71. The molecule has 0 saturated carbocycles. The smallest absolute Gasteiger partial charge is 0.317 e. The van der Waals surface area contributed by atoms with E-state index in [4.69, 9.17) is 0 Å². The van der Waals surface area contributed by atoms with Crippen LogP contribution in [0.25, 0.3) is 0 Å². The van der Waals surface area contributed by atoms with Crippen LogP contribution in [-0.2, 0) is 15.8 Å². The largest absolute Gasteiger partial charge is 0.338 e. The molecule has 23 heavy (non-hydrogen) atoms. The van der Waals surface area contributed by atoms with Crippen molar-refractivity contribution in [2.45, 2.75) is 25.5 Å². The van der Waals surface area contributed by atoms with Crippen LogP contribution >= 0.6 is 0 Å². The molecule has 0 atom stereocenters. The molecule has 1 aromatic carbocycles. The van der Waals surface area contributed by atoms with Crippen LogP contribution in [0.5, 0.6) is 0 Å². The van der Waals surface area contributed by atoms with Crippen molar-refractivity contribution in [2.24, 2.45) is 0 Å². The lowest BCUT2D eigenvalue weighted by atomic mass is 10.2. The number of nitrogens with zero attached hydrogens (tertiary/aromatic N) is 2. The summed E-state index contributed by atoms with van der Waals surface area (Å²) in [5.41, 5.74) is 0.784. The van der Waals surface area contributed by atoms with Gasteiger partial charge >= 0.3 is 6.03 Å². The van der Waals surface area contributed by atoms with Crippen molar-refractivity contribution in [2.75, 3.05) is 32.7 Å². The van der Waals surface area contributed by atoms with Gasteiger partial charge in [0.05, 0.1) is 5.75 Å². The first-order valence-electron chi connectivity index (χ1n) is 8.07. The second-order valence-corrected chi connectivity index (χ2v) is 7.68. The highest BCUT2D eigenvalue weighted by molar-refractivity contribution is 7.88. The summed E-state index contributed by atoms with van der Waals surface area (Å²) in [6, 6.07) is 9.07. The molecule has 128 valence electrons. The minimum absolute atomic E-state index is 0.0105. The summed E-state index contributed by atoms with van der Waals surface area (Å²) < 4.78 is 26.4. The van der Waals surface area contributed by atoms with Crippen molar-refractivity contribution in [3.8, 4) is 0 Å². The van der Waals surface area contributed by atoms with Crippen molar-refractivity contribution < 1.29 is 13.2 Å². The molecular weight excluding hydrogens is 314 g/mol. The van der Waals surface area contributed by atoms with E-state index in [9.17, 15) is 13.2 Å². The number of carbonyl (C=O) groups is 1. The topological polar surface area (TPSA) is 69.7 Å². The Balaban J connectivity index is 1.84. The number of hydrogen-bond donors (Lipinski definition) is 1. The molecule has 2 amide bonds. The number of nitrogens with one attached hydrogen (secondary N) is 1. The van der Waals surface area contributed by atoms with E-state index in [1.807, 2.05) is 30.3 Å². The van der Waals surface area contributed by atoms with Gasteiger partial charge in [-0.3, -0.25) is 0 Å². The van der Waals surface area contributed by atoms with Gasteiger partial charge in [-0.2, -0.15) is 4.31 Å². The number of piperazine rings is 1. The number of sulfonamides is 1. The summed E-state index contributed by atoms with van der Waals surface area (Å²) >= 11 is 0. The van der Waals surface area contributed by atoms with Gasteiger partial charge in [-0.25, -0.2) is 13.2 Å². The molecule has 1 aromatic rings. The lowest BCUT2D eigenvalue weighted by Gasteiger charge is -2.34. The quantitative estimate of drug-likeness (QED) is 0.801. The normalized spacial score (nSPS) is 16.3. The number of rotatable bonds is 6. The molecule has 1 heterocycles. The molecular formula is C16H25N3O3S. The molecule has 1 aliphatic rings. The Labute approximate surface area is 138 Å². The fourth-order valence-electron chi connectivity index (χ4n) is 2.53. The number of benzene rings is 1. The number of hydrogen-bond acceptors (Lipinski definition) is 3. The fourth-order valence-corrected chi connectivity index (χ4v) is 4.05. The van der Waals surface area contributed by atoms with E-state index in [2.05, 4.69) is 12.2 Å². The maximum absolute atomic E-state index is 12.4. The van der Waals surface area contributed by atoms with Crippen molar-refractivity contribution >= 4 is 16.1 Å². The minimum Gasteiger partial charge on any atom is -0.338 e. The highest BCUT2D eigenvalue weighted by Crippen LogP contribution is 2.13. The van der Waals surface area contributed by atoms with E-state index in [0.29, 0.717) is 32.7 Å². The van der Waals surface area contributed by atoms with E-state index >= 15 is 0 Å². The predicted octanol–water partition coefficient (Wildman–Crippen LogP) is 1.64. The van der Waals surface area contributed by atoms with Crippen LogP contribution < -0.4 is 5.32 Å². The first-order chi connectivity index (χ1) is 11.0. The van der Waals surface area contributed by atoms with Crippen LogP contribution in [0.1, 0.15) is 25.3 Å². The Bertz CT molecular complexity index is 596. The van der Waals surface area contributed by atoms with Gasteiger partial charge in [-0.1, -0.05) is 43.7 Å². The average molecular weight is 339 g/mol. The van der Waals surface area contributed by atoms with Gasteiger partial charge in [0.2, 0.25) is 10.0 Å². The minimum atomic E-state index is -3.33. The molecule has 2 rings (SSSR count). The zero-order valence-electron chi connectivity index (χ0n) is 13.6. The number of amides is 2. The van der Waals surface area contributed by atoms with E-state index in [1.54, 1.807) is 4.90 Å². The van der Waals surface area contributed by atoms with Gasteiger partial charge < -0.3 is 10.2 Å². The SMILES string of the molecule is CCCCNC(=O)N1CCN(S(=O)(=O)Cc2ccccc2)CC1. The standard InChI is InChI=1S/C16H25N3O3S/c1-2-3-9-17-16(20)18-10-12-19(13-11-18)23(21,22)14-15-7-5-4-6-8-15/h4-8H,2-3,9-14H2,1H3,(H,17,20). The van der Waals surface area contributed by atoms with E-state index in [0.717, 1.165) is 18.4 Å². The maximum atomic E-state index is 12.4. The monoisotopic (exact) mass is 339 g/mol. The summed E-state index contributed by atoms with van der Waals surface area (Å²) in [7, 11) is -3.33. The van der Waals surface area contributed by atoms with Gasteiger partial charge in [-0.05, 0) is 12.0 Å². The fraction of sp³-hybridized carbons (Fsp3) is 0.562. The molecule has 0 bridgehead atoms. The first-order valence-corrected chi connectivity index (χ1v) is 9.68. The Morgan fingerprint density at radius 1 is 1.13 bits per heavy atom. The van der Waals surface area contributed by atoms with Gasteiger partial charge in [0, 0.05) is 32.7 Å². The molecule has 1 aliphatic heterocycles. The van der Waals surface area contributed by atoms with Crippen LogP contribution in [0.3, 0.4) is 0 Å². The highest BCUT2D eigenvalue weighted by Gasteiger charge is 2.28. The van der Waals surface area contributed by atoms with Crippen LogP contribution in [-0.4, -0.2) is 56.4 Å². The number of urea groups is 1. The molecule has 0 unspecified atom stereocenters. The van der Waals surface area contributed by atoms with E-state index in [1.165, 1.54) is 4.31 Å². The van der Waals surface area contributed by atoms with Crippen molar-refractivity contribution in [1.82, 2.24) is 14.5 Å². The molecule has 1 N–H and O–H groups in total. The van der Waals surface area contributed by atoms with Crippen molar-refractivity contribution in [3.05, 3.63) is 35.9 Å². The average Bonchev–Trinajstić information content (AvgIpc) is 2.55. The molecule has 7 heteroatoms. The maximum Gasteiger partial charge on any atom is 0.317 e. The second kappa shape index (κ2) is 8.31. The highest BCUT2D eigenvalue weighted by atomic mass is 32.2. The lowest BCUT2D eigenvalue weighted by molar-refractivity contribution is 0.172. The molecule has 1 fully saturated rings. The van der Waals surface area contributed by atoms with Crippen molar-refractivity contribution in [3.63, 3.8) is 0 Å². The molecule has 6 nitrogen and oxygen atoms in total. The number of carbonyl (C=O) groups excluding carboxylic acids is 1. The Morgan fingerprint density at radius 3 is 2.39 bits per heavy atom. The summed E-state index contributed by atoms with van der Waals surface area (Å²) in [6.45, 7) is 4.33. The zero-order valence-corrected chi connectivity index (χ0v) is 14.4. The zero-order chi connectivity index (χ0) is 16.7. The van der Waals surface area contributed by atoms with Gasteiger partial charge in [0.1, 0.15) is 0 Å².